The van der Waals surface area contributed by atoms with Crippen LogP contribution in [-0.4, -0.2) is 20.9 Å². The molecule has 0 fully saturated rings. The van der Waals surface area contributed by atoms with Gasteiger partial charge < -0.3 is 5.32 Å². The molecule has 1 N–H and O–H groups in total. The average molecular weight is 427 g/mol. The Labute approximate surface area is 176 Å². The standard InChI is InChI=1S/C23H23FN2O3S/c1-2-22(18-9-5-3-6-10-18)25-23(27)17-26(20-15-13-19(24)14-16-20)30(28,29)21-11-7-4-8-12-21/h3-16,22H,2,17H2,1H3,(H,25,27). The van der Waals surface area contributed by atoms with E-state index in [2.05, 4.69) is 5.32 Å². The summed E-state index contributed by atoms with van der Waals surface area (Å²) in [7, 11) is -4.02. The Morgan fingerprint density at radius 1 is 0.933 bits per heavy atom. The number of hydrogen-bond acceptors (Lipinski definition) is 3. The molecule has 0 radical (unpaired) electrons. The van der Waals surface area contributed by atoms with Crippen LogP contribution in [-0.2, 0) is 14.8 Å². The Balaban J connectivity index is 1.89. The lowest BCUT2D eigenvalue weighted by atomic mass is 10.0. The van der Waals surface area contributed by atoms with Gasteiger partial charge in [-0.05, 0) is 48.4 Å². The van der Waals surface area contributed by atoms with Gasteiger partial charge in [-0.25, -0.2) is 12.8 Å². The molecule has 156 valence electrons. The quantitative estimate of drug-likeness (QED) is 0.584. The number of anilines is 1. The lowest BCUT2D eigenvalue weighted by molar-refractivity contribution is -0.120. The van der Waals surface area contributed by atoms with Crippen molar-refractivity contribution < 1.29 is 17.6 Å². The second-order valence-electron chi connectivity index (χ2n) is 6.74. The van der Waals surface area contributed by atoms with E-state index < -0.39 is 28.3 Å². The van der Waals surface area contributed by atoms with Crippen LogP contribution in [0.2, 0.25) is 0 Å². The summed E-state index contributed by atoms with van der Waals surface area (Å²) in [4.78, 5) is 12.9. The van der Waals surface area contributed by atoms with E-state index in [1.54, 1.807) is 18.2 Å². The third-order valence-corrected chi connectivity index (χ3v) is 6.47. The average Bonchev–Trinajstić information content (AvgIpc) is 2.77. The SMILES string of the molecule is CCC(NC(=O)CN(c1ccc(F)cc1)S(=O)(=O)c1ccccc1)c1ccccc1. The molecule has 1 atom stereocenters. The molecule has 0 spiro atoms. The molecule has 0 bridgehead atoms. The molecule has 30 heavy (non-hydrogen) atoms. The highest BCUT2D eigenvalue weighted by atomic mass is 32.2. The highest BCUT2D eigenvalue weighted by Crippen LogP contribution is 2.24. The minimum absolute atomic E-state index is 0.0530. The summed E-state index contributed by atoms with van der Waals surface area (Å²) < 4.78 is 40.8. The molecular formula is C23H23FN2O3S. The lowest BCUT2D eigenvalue weighted by Gasteiger charge is -2.25. The number of halogens is 1. The number of rotatable bonds is 8. The molecule has 0 aliphatic heterocycles. The predicted octanol–water partition coefficient (Wildman–Crippen LogP) is 4.29. The van der Waals surface area contributed by atoms with Crippen molar-refractivity contribution in [3.63, 3.8) is 0 Å². The van der Waals surface area contributed by atoms with Gasteiger partial charge in [-0.2, -0.15) is 0 Å². The van der Waals surface area contributed by atoms with E-state index in [0.29, 0.717) is 6.42 Å². The molecule has 3 aromatic carbocycles. The molecule has 0 aliphatic carbocycles. The first-order valence-electron chi connectivity index (χ1n) is 9.59. The number of nitrogens with zero attached hydrogens (tertiary/aromatic N) is 1. The van der Waals surface area contributed by atoms with E-state index in [-0.39, 0.29) is 16.6 Å². The maximum Gasteiger partial charge on any atom is 0.264 e. The van der Waals surface area contributed by atoms with Crippen molar-refractivity contribution in [2.75, 3.05) is 10.8 Å². The zero-order valence-electron chi connectivity index (χ0n) is 16.5. The fraction of sp³-hybridized carbons (Fsp3) is 0.174. The van der Waals surface area contributed by atoms with Gasteiger partial charge in [0, 0.05) is 0 Å². The zero-order chi connectivity index (χ0) is 21.6. The molecule has 3 rings (SSSR count). The predicted molar refractivity (Wildman–Crippen MR) is 115 cm³/mol. The van der Waals surface area contributed by atoms with Crippen LogP contribution in [0.4, 0.5) is 10.1 Å². The first kappa shape index (κ1) is 21.5. The number of hydrogen-bond donors (Lipinski definition) is 1. The fourth-order valence-electron chi connectivity index (χ4n) is 3.12. The van der Waals surface area contributed by atoms with Crippen LogP contribution >= 0.6 is 0 Å². The molecule has 5 nitrogen and oxygen atoms in total. The summed E-state index contributed by atoms with van der Waals surface area (Å²) in [6.07, 6.45) is 0.651. The molecule has 0 saturated heterocycles. The summed E-state index contributed by atoms with van der Waals surface area (Å²) >= 11 is 0. The van der Waals surface area contributed by atoms with E-state index >= 15 is 0 Å². The summed E-state index contributed by atoms with van der Waals surface area (Å²) in [6, 6.07) is 22.1. The highest BCUT2D eigenvalue weighted by Gasteiger charge is 2.27. The summed E-state index contributed by atoms with van der Waals surface area (Å²) in [5.41, 5.74) is 1.15. The summed E-state index contributed by atoms with van der Waals surface area (Å²) in [5, 5.41) is 2.90. The number of nitrogens with one attached hydrogen (secondary N) is 1. The Kier molecular flexibility index (Phi) is 6.84. The maximum absolute atomic E-state index is 13.4. The van der Waals surface area contributed by atoms with Crippen molar-refractivity contribution in [3.8, 4) is 0 Å². The van der Waals surface area contributed by atoms with Crippen molar-refractivity contribution in [2.24, 2.45) is 0 Å². The van der Waals surface area contributed by atoms with E-state index in [0.717, 1.165) is 9.87 Å². The third kappa shape index (κ3) is 5.04. The Hall–Kier alpha value is -3.19. The van der Waals surface area contributed by atoms with E-state index in [1.807, 2.05) is 37.3 Å². The van der Waals surface area contributed by atoms with Gasteiger partial charge in [0.1, 0.15) is 12.4 Å². The molecular weight excluding hydrogens is 403 g/mol. The minimum atomic E-state index is -4.02. The van der Waals surface area contributed by atoms with E-state index in [9.17, 15) is 17.6 Å². The summed E-state index contributed by atoms with van der Waals surface area (Å²) in [6.45, 7) is 1.52. The lowest BCUT2D eigenvalue weighted by Crippen LogP contribution is -2.42. The van der Waals surface area contributed by atoms with Crippen LogP contribution < -0.4 is 9.62 Å². The first-order valence-corrected chi connectivity index (χ1v) is 11.0. The molecule has 0 saturated carbocycles. The topological polar surface area (TPSA) is 66.5 Å². The van der Waals surface area contributed by atoms with Gasteiger partial charge in [0.25, 0.3) is 10.0 Å². The number of carbonyl (C=O) groups excluding carboxylic acids is 1. The van der Waals surface area contributed by atoms with Gasteiger partial charge in [-0.3, -0.25) is 9.10 Å². The van der Waals surface area contributed by atoms with Gasteiger partial charge >= 0.3 is 0 Å². The van der Waals surface area contributed by atoms with Crippen LogP contribution in [0.25, 0.3) is 0 Å². The number of amides is 1. The molecule has 0 aliphatic rings. The largest absolute Gasteiger partial charge is 0.348 e. The van der Waals surface area contributed by atoms with Gasteiger partial charge in [0.2, 0.25) is 5.91 Å². The molecule has 1 unspecified atom stereocenters. The van der Waals surface area contributed by atoms with Crippen LogP contribution in [0, 0.1) is 5.82 Å². The first-order chi connectivity index (χ1) is 14.4. The molecule has 0 aromatic heterocycles. The van der Waals surface area contributed by atoms with Crippen molar-refractivity contribution in [3.05, 3.63) is 96.3 Å². The maximum atomic E-state index is 13.4. The van der Waals surface area contributed by atoms with Gasteiger partial charge in [0.15, 0.2) is 0 Å². The minimum Gasteiger partial charge on any atom is -0.348 e. The summed E-state index contributed by atoms with van der Waals surface area (Å²) in [5.74, 6) is -0.940. The Bertz CT molecular complexity index is 1070. The second kappa shape index (κ2) is 9.54. The normalized spacial score (nSPS) is 12.2. The number of benzene rings is 3. The van der Waals surface area contributed by atoms with E-state index in [4.69, 9.17) is 0 Å². The molecule has 1 amide bonds. The molecule has 0 heterocycles. The highest BCUT2D eigenvalue weighted by molar-refractivity contribution is 7.92. The Morgan fingerprint density at radius 2 is 1.50 bits per heavy atom. The molecule has 7 heteroatoms. The smallest absolute Gasteiger partial charge is 0.264 e. The van der Waals surface area contributed by atoms with Crippen LogP contribution in [0.15, 0.2) is 89.8 Å². The van der Waals surface area contributed by atoms with Gasteiger partial charge in [-0.1, -0.05) is 55.5 Å². The van der Waals surface area contributed by atoms with E-state index in [1.165, 1.54) is 36.4 Å². The van der Waals surface area contributed by atoms with Crippen LogP contribution in [0.5, 0.6) is 0 Å². The monoisotopic (exact) mass is 426 g/mol. The van der Waals surface area contributed by atoms with Crippen molar-refractivity contribution in [2.45, 2.75) is 24.3 Å². The second-order valence-corrected chi connectivity index (χ2v) is 8.60. The van der Waals surface area contributed by atoms with Crippen molar-refractivity contribution >= 4 is 21.6 Å². The third-order valence-electron chi connectivity index (χ3n) is 4.68. The molecule has 3 aromatic rings. The number of carbonyl (C=O) groups is 1. The number of sulfonamides is 1. The van der Waals surface area contributed by atoms with Gasteiger partial charge in [0.05, 0.1) is 16.6 Å². The van der Waals surface area contributed by atoms with Crippen molar-refractivity contribution in [1.29, 1.82) is 0 Å². The van der Waals surface area contributed by atoms with Crippen LogP contribution in [0.3, 0.4) is 0 Å². The van der Waals surface area contributed by atoms with Gasteiger partial charge in [-0.15, -0.1) is 0 Å². The fourth-order valence-corrected chi connectivity index (χ4v) is 4.56. The van der Waals surface area contributed by atoms with Crippen LogP contribution in [0.1, 0.15) is 24.9 Å². The Morgan fingerprint density at radius 3 is 2.07 bits per heavy atom. The zero-order valence-corrected chi connectivity index (χ0v) is 17.3. The van der Waals surface area contributed by atoms with Crippen molar-refractivity contribution in [1.82, 2.24) is 5.32 Å².